The maximum absolute atomic E-state index is 9.22. The Morgan fingerprint density at radius 2 is 1.95 bits per heavy atom. The Labute approximate surface area is 113 Å². The van der Waals surface area contributed by atoms with Crippen molar-refractivity contribution < 1.29 is 4.74 Å². The lowest BCUT2D eigenvalue weighted by molar-refractivity contribution is 0.473. The van der Waals surface area contributed by atoms with Crippen molar-refractivity contribution in [3.8, 4) is 17.6 Å². The van der Waals surface area contributed by atoms with Crippen LogP contribution < -0.4 is 4.74 Å². The second-order valence-corrected chi connectivity index (χ2v) is 4.40. The molecule has 0 unspecified atom stereocenters. The predicted molar refractivity (Wildman–Crippen MR) is 74.3 cm³/mol. The molecule has 0 radical (unpaired) electrons. The van der Waals surface area contributed by atoms with Crippen molar-refractivity contribution in [3.63, 3.8) is 0 Å². The summed E-state index contributed by atoms with van der Waals surface area (Å²) in [6.45, 7) is 5.80. The number of benzene rings is 1. The number of nitrogens with zero attached hydrogens (tertiary/aromatic N) is 2. The van der Waals surface area contributed by atoms with Crippen molar-refractivity contribution in [2.75, 3.05) is 0 Å². The number of hydrogen-bond acceptors (Lipinski definition) is 3. The summed E-state index contributed by atoms with van der Waals surface area (Å²) >= 11 is 0. The van der Waals surface area contributed by atoms with Crippen LogP contribution in [0.15, 0.2) is 30.3 Å². The summed E-state index contributed by atoms with van der Waals surface area (Å²) in [6.07, 6.45) is 0.890. The number of hydrogen-bond donors (Lipinski definition) is 0. The van der Waals surface area contributed by atoms with Crippen LogP contribution in [0.5, 0.6) is 11.5 Å². The quantitative estimate of drug-likeness (QED) is 0.831. The molecular weight excluding hydrogens is 236 g/mol. The van der Waals surface area contributed by atoms with Gasteiger partial charge in [-0.05, 0) is 31.9 Å². The minimum absolute atomic E-state index is 0.497. The fraction of sp³-hybridized carbons (Fsp3) is 0.250. The smallest absolute Gasteiger partial charge is 0.148 e. The van der Waals surface area contributed by atoms with Crippen LogP contribution in [0.3, 0.4) is 0 Å². The van der Waals surface area contributed by atoms with E-state index >= 15 is 0 Å². The third-order valence-corrected chi connectivity index (χ3v) is 2.98. The first-order valence-corrected chi connectivity index (χ1v) is 6.29. The first-order valence-electron chi connectivity index (χ1n) is 6.29. The number of rotatable bonds is 3. The lowest BCUT2D eigenvalue weighted by Crippen LogP contribution is -1.97. The lowest BCUT2D eigenvalue weighted by Gasteiger charge is -2.12. The maximum Gasteiger partial charge on any atom is 0.148 e. The molecule has 0 saturated heterocycles. The summed E-state index contributed by atoms with van der Waals surface area (Å²) < 4.78 is 5.92. The van der Waals surface area contributed by atoms with Crippen molar-refractivity contribution in [3.05, 3.63) is 52.8 Å². The molecule has 0 N–H and O–H groups in total. The molecule has 3 heteroatoms. The van der Waals surface area contributed by atoms with Gasteiger partial charge < -0.3 is 4.74 Å². The van der Waals surface area contributed by atoms with Crippen molar-refractivity contribution in [2.24, 2.45) is 0 Å². The van der Waals surface area contributed by atoms with E-state index in [4.69, 9.17) is 4.74 Å². The summed E-state index contributed by atoms with van der Waals surface area (Å²) in [5.74, 6) is 1.37. The van der Waals surface area contributed by atoms with Crippen molar-refractivity contribution in [1.29, 1.82) is 5.26 Å². The highest BCUT2D eigenvalue weighted by atomic mass is 16.5. The van der Waals surface area contributed by atoms with E-state index in [9.17, 15) is 5.26 Å². The van der Waals surface area contributed by atoms with Crippen LogP contribution in [-0.4, -0.2) is 4.98 Å². The van der Waals surface area contributed by atoms with Crippen LogP contribution in [0.25, 0.3) is 0 Å². The molecule has 0 aliphatic rings. The molecule has 1 aromatic heterocycles. The van der Waals surface area contributed by atoms with Gasteiger partial charge in [-0.2, -0.15) is 5.26 Å². The van der Waals surface area contributed by atoms with E-state index in [1.807, 2.05) is 38.1 Å². The Balaban J connectivity index is 2.47. The molecule has 0 spiro atoms. The minimum Gasteiger partial charge on any atom is -0.456 e. The topological polar surface area (TPSA) is 45.9 Å². The van der Waals surface area contributed by atoms with Crippen LogP contribution in [-0.2, 0) is 6.42 Å². The molecule has 1 aromatic carbocycles. The van der Waals surface area contributed by atoms with Crippen LogP contribution in [0, 0.1) is 25.2 Å². The third-order valence-electron chi connectivity index (χ3n) is 2.98. The molecule has 0 saturated carbocycles. The van der Waals surface area contributed by atoms with Crippen LogP contribution in [0.1, 0.15) is 29.4 Å². The minimum atomic E-state index is 0.497. The van der Waals surface area contributed by atoms with Crippen molar-refractivity contribution in [1.82, 2.24) is 4.98 Å². The average Bonchev–Trinajstić information content (AvgIpc) is 2.39. The van der Waals surface area contributed by atoms with Crippen LogP contribution in [0.4, 0.5) is 0 Å². The van der Waals surface area contributed by atoms with Crippen LogP contribution in [0.2, 0.25) is 0 Å². The fourth-order valence-electron chi connectivity index (χ4n) is 2.02. The number of nitriles is 1. The molecule has 0 bridgehead atoms. The Morgan fingerprint density at radius 1 is 1.21 bits per heavy atom. The molecule has 0 atom stereocenters. The van der Waals surface area contributed by atoms with Gasteiger partial charge in [0.25, 0.3) is 0 Å². The van der Waals surface area contributed by atoms with Gasteiger partial charge in [-0.3, -0.25) is 4.98 Å². The fourth-order valence-corrected chi connectivity index (χ4v) is 2.02. The standard InChI is InChI=1S/C16H16N2O/c1-4-13-7-5-6-8-15(13)19-16-9-11(2)18-12(3)14(16)10-17/h5-9H,4H2,1-3H3. The zero-order valence-corrected chi connectivity index (χ0v) is 11.4. The van der Waals surface area contributed by atoms with Crippen LogP contribution >= 0.6 is 0 Å². The van der Waals surface area contributed by atoms with Gasteiger partial charge >= 0.3 is 0 Å². The molecule has 1 heterocycles. The molecule has 0 aliphatic heterocycles. The van der Waals surface area contributed by atoms with E-state index in [1.165, 1.54) is 0 Å². The summed E-state index contributed by atoms with van der Waals surface area (Å²) in [5.41, 5.74) is 3.17. The molecular formula is C16H16N2O. The monoisotopic (exact) mass is 252 g/mol. The molecule has 0 aliphatic carbocycles. The van der Waals surface area contributed by atoms with Crippen molar-refractivity contribution in [2.45, 2.75) is 27.2 Å². The molecule has 96 valence electrons. The largest absolute Gasteiger partial charge is 0.456 e. The third kappa shape index (κ3) is 2.74. The molecule has 0 amide bonds. The highest BCUT2D eigenvalue weighted by Crippen LogP contribution is 2.29. The Morgan fingerprint density at radius 3 is 2.63 bits per heavy atom. The number of para-hydroxylation sites is 1. The summed E-state index contributed by atoms with van der Waals surface area (Å²) in [7, 11) is 0. The zero-order valence-electron chi connectivity index (χ0n) is 11.4. The van der Waals surface area contributed by atoms with E-state index in [-0.39, 0.29) is 0 Å². The molecule has 2 aromatic rings. The van der Waals surface area contributed by atoms with E-state index in [0.29, 0.717) is 17.0 Å². The molecule has 0 fully saturated rings. The summed E-state index contributed by atoms with van der Waals surface area (Å²) in [6, 6.07) is 11.8. The van der Waals surface area contributed by atoms with Gasteiger partial charge in [0.15, 0.2) is 0 Å². The van der Waals surface area contributed by atoms with Gasteiger partial charge in [-0.25, -0.2) is 0 Å². The number of aromatic nitrogens is 1. The Hall–Kier alpha value is -2.34. The number of aryl methyl sites for hydroxylation is 3. The Bertz CT molecular complexity index is 642. The zero-order chi connectivity index (χ0) is 13.8. The van der Waals surface area contributed by atoms with Gasteiger partial charge in [0.2, 0.25) is 0 Å². The molecule has 3 nitrogen and oxygen atoms in total. The normalized spacial score (nSPS) is 10.0. The highest BCUT2D eigenvalue weighted by Gasteiger charge is 2.11. The predicted octanol–water partition coefficient (Wildman–Crippen LogP) is 3.92. The van der Waals surface area contributed by atoms with E-state index in [1.54, 1.807) is 6.07 Å². The van der Waals surface area contributed by atoms with Gasteiger partial charge in [-0.15, -0.1) is 0 Å². The van der Waals surface area contributed by atoms with E-state index < -0.39 is 0 Å². The van der Waals surface area contributed by atoms with E-state index in [0.717, 1.165) is 23.4 Å². The highest BCUT2D eigenvalue weighted by molar-refractivity contribution is 5.49. The first-order chi connectivity index (χ1) is 9.15. The second-order valence-electron chi connectivity index (χ2n) is 4.40. The first kappa shape index (κ1) is 13.1. The summed E-state index contributed by atoms with van der Waals surface area (Å²) in [4.78, 5) is 4.29. The van der Waals surface area contributed by atoms with Gasteiger partial charge in [0.05, 0.1) is 5.69 Å². The van der Waals surface area contributed by atoms with Crippen molar-refractivity contribution >= 4 is 0 Å². The van der Waals surface area contributed by atoms with E-state index in [2.05, 4.69) is 18.0 Å². The number of pyridine rings is 1. The SMILES string of the molecule is CCc1ccccc1Oc1cc(C)nc(C)c1C#N. The van der Waals surface area contributed by atoms with Gasteiger partial charge in [-0.1, -0.05) is 25.1 Å². The Kier molecular flexibility index (Phi) is 3.82. The maximum atomic E-state index is 9.22. The molecule has 19 heavy (non-hydrogen) atoms. The van der Waals surface area contributed by atoms with Gasteiger partial charge in [0, 0.05) is 11.8 Å². The number of ether oxygens (including phenoxy) is 1. The second kappa shape index (κ2) is 5.53. The summed E-state index contributed by atoms with van der Waals surface area (Å²) in [5, 5.41) is 9.22. The van der Waals surface area contributed by atoms with Gasteiger partial charge in [0.1, 0.15) is 23.1 Å². The molecule has 2 rings (SSSR count). The lowest BCUT2D eigenvalue weighted by atomic mass is 10.1. The average molecular weight is 252 g/mol.